The maximum atomic E-state index is 13.3. The van der Waals surface area contributed by atoms with E-state index < -0.39 is 6.04 Å². The largest absolute Gasteiger partial charge is 0.344 e. The van der Waals surface area contributed by atoms with Crippen LogP contribution in [0.5, 0.6) is 0 Å². The van der Waals surface area contributed by atoms with Gasteiger partial charge in [-0.15, -0.1) is 11.3 Å². The summed E-state index contributed by atoms with van der Waals surface area (Å²) < 4.78 is 1.96. The second-order valence-electron chi connectivity index (χ2n) is 10.4. The summed E-state index contributed by atoms with van der Waals surface area (Å²) in [5.74, 6) is 1.81. The van der Waals surface area contributed by atoms with Crippen molar-refractivity contribution in [1.82, 2.24) is 20.1 Å². The van der Waals surface area contributed by atoms with E-state index in [0.29, 0.717) is 17.8 Å². The van der Waals surface area contributed by atoms with Gasteiger partial charge in [0.15, 0.2) is 4.96 Å². The van der Waals surface area contributed by atoms with Gasteiger partial charge in [0.1, 0.15) is 6.04 Å². The first kappa shape index (κ1) is 21.5. The summed E-state index contributed by atoms with van der Waals surface area (Å²) in [4.78, 5) is 31.6. The van der Waals surface area contributed by atoms with Crippen LogP contribution in [0.15, 0.2) is 47.0 Å². The standard InChI is InChI=1S/C26H29N5O2S/c1-16(28-24(33)26-12-17-9-18(13-26)11-19(10-17)14-26)23(32)30-27-15-21-22(20-5-3-2-4-6-20)29-25-31(21)7-8-34-25/h2-8,15-19H,9-14H2,1H3,(H,28,33)(H,30,32)/b27-15-/t16-,17?,18?,19?,26?/m1/s1. The molecule has 7 nitrogen and oxygen atoms in total. The van der Waals surface area contributed by atoms with Crippen LogP contribution in [0.3, 0.4) is 0 Å². The molecule has 4 aliphatic rings. The highest BCUT2D eigenvalue weighted by atomic mass is 32.1. The van der Waals surface area contributed by atoms with Crippen LogP contribution in [-0.4, -0.2) is 33.5 Å². The van der Waals surface area contributed by atoms with E-state index in [1.807, 2.05) is 46.3 Å². The van der Waals surface area contributed by atoms with Crippen LogP contribution >= 0.6 is 11.3 Å². The number of thiazole rings is 1. The molecule has 0 radical (unpaired) electrons. The number of imidazole rings is 1. The van der Waals surface area contributed by atoms with Gasteiger partial charge in [0.2, 0.25) is 5.91 Å². The predicted octanol–water partition coefficient (Wildman–Crippen LogP) is 4.23. The number of carbonyl (C=O) groups is 2. The molecule has 34 heavy (non-hydrogen) atoms. The first-order valence-corrected chi connectivity index (χ1v) is 13.0. The Hall–Kier alpha value is -3.00. The van der Waals surface area contributed by atoms with Crippen molar-refractivity contribution in [2.75, 3.05) is 0 Å². The minimum absolute atomic E-state index is 0.0559. The average molecular weight is 476 g/mol. The molecule has 4 saturated carbocycles. The van der Waals surface area contributed by atoms with Crippen LogP contribution in [-0.2, 0) is 9.59 Å². The summed E-state index contributed by atoms with van der Waals surface area (Å²) in [6.07, 6.45) is 10.4. The predicted molar refractivity (Wildman–Crippen MR) is 132 cm³/mol. The summed E-state index contributed by atoms with van der Waals surface area (Å²) >= 11 is 1.55. The quantitative estimate of drug-likeness (QED) is 0.413. The van der Waals surface area contributed by atoms with Crippen LogP contribution in [0.4, 0.5) is 0 Å². The Kier molecular flexibility index (Phi) is 5.28. The van der Waals surface area contributed by atoms with Gasteiger partial charge in [-0.3, -0.25) is 14.0 Å². The molecule has 176 valence electrons. The number of fused-ring (bicyclic) bond motifs is 1. The fourth-order valence-electron chi connectivity index (χ4n) is 6.79. The molecule has 0 spiro atoms. The number of hydrogen-bond acceptors (Lipinski definition) is 5. The molecule has 2 amide bonds. The van der Waals surface area contributed by atoms with Crippen molar-refractivity contribution < 1.29 is 9.59 Å². The van der Waals surface area contributed by atoms with Crippen LogP contribution in [0.1, 0.15) is 51.1 Å². The molecule has 1 aromatic carbocycles. The molecule has 0 saturated heterocycles. The number of hydrazone groups is 1. The van der Waals surface area contributed by atoms with Crippen molar-refractivity contribution in [3.8, 4) is 11.3 Å². The van der Waals surface area contributed by atoms with Crippen molar-refractivity contribution >= 4 is 34.3 Å². The van der Waals surface area contributed by atoms with Gasteiger partial charge in [-0.25, -0.2) is 10.4 Å². The number of nitrogens with zero attached hydrogens (tertiary/aromatic N) is 3. The molecule has 4 aliphatic carbocycles. The van der Waals surface area contributed by atoms with Gasteiger partial charge >= 0.3 is 0 Å². The minimum Gasteiger partial charge on any atom is -0.344 e. The molecule has 0 unspecified atom stereocenters. The maximum Gasteiger partial charge on any atom is 0.262 e. The van der Waals surface area contributed by atoms with Gasteiger partial charge in [0.05, 0.1) is 17.6 Å². The van der Waals surface area contributed by atoms with Crippen LogP contribution < -0.4 is 10.7 Å². The lowest BCUT2D eigenvalue weighted by Gasteiger charge is -2.55. The SMILES string of the molecule is C[C@@H](NC(=O)C12CC3CC(CC(C3)C1)C2)C(=O)N/N=C\c1c(-c2ccccc2)nc2sccn12. The number of rotatable bonds is 6. The fourth-order valence-corrected chi connectivity index (χ4v) is 7.51. The Balaban J connectivity index is 1.13. The Morgan fingerprint density at radius 3 is 2.50 bits per heavy atom. The number of hydrogen-bond donors (Lipinski definition) is 2. The lowest BCUT2D eigenvalue weighted by molar-refractivity contribution is -0.148. The van der Waals surface area contributed by atoms with E-state index in [9.17, 15) is 9.59 Å². The summed E-state index contributed by atoms with van der Waals surface area (Å²) in [5.41, 5.74) is 4.95. The third kappa shape index (κ3) is 3.74. The third-order valence-corrected chi connectivity index (χ3v) is 8.73. The number of benzene rings is 1. The molecular formula is C26H29N5O2S. The van der Waals surface area contributed by atoms with Crippen LogP contribution in [0, 0.1) is 23.2 Å². The van der Waals surface area contributed by atoms with Crippen molar-refractivity contribution in [3.63, 3.8) is 0 Å². The highest BCUT2D eigenvalue weighted by molar-refractivity contribution is 7.15. The maximum absolute atomic E-state index is 13.3. The van der Waals surface area contributed by atoms with Crippen molar-refractivity contribution in [1.29, 1.82) is 0 Å². The normalized spacial score (nSPS) is 28.4. The van der Waals surface area contributed by atoms with Gasteiger partial charge < -0.3 is 5.32 Å². The Morgan fingerprint density at radius 1 is 1.15 bits per heavy atom. The summed E-state index contributed by atoms with van der Waals surface area (Å²) in [5, 5.41) is 9.19. The van der Waals surface area contributed by atoms with E-state index in [2.05, 4.69) is 15.8 Å². The molecule has 0 aliphatic heterocycles. The second kappa shape index (κ2) is 8.34. The van der Waals surface area contributed by atoms with Crippen LogP contribution in [0.25, 0.3) is 16.2 Å². The van der Waals surface area contributed by atoms with Crippen LogP contribution in [0.2, 0.25) is 0 Å². The lowest BCUT2D eigenvalue weighted by Crippen LogP contribution is -2.56. The van der Waals surface area contributed by atoms with E-state index in [-0.39, 0.29) is 17.2 Å². The Bertz CT molecular complexity index is 1230. The van der Waals surface area contributed by atoms with Crippen molar-refractivity contribution in [2.24, 2.45) is 28.3 Å². The molecule has 2 aromatic heterocycles. The van der Waals surface area contributed by atoms with Gasteiger partial charge in [0, 0.05) is 22.6 Å². The molecule has 7 rings (SSSR count). The number of carbonyl (C=O) groups excluding carboxylic acids is 2. The van der Waals surface area contributed by atoms with Gasteiger partial charge in [-0.05, 0) is 63.2 Å². The molecule has 1 atom stereocenters. The van der Waals surface area contributed by atoms with E-state index in [1.165, 1.54) is 19.3 Å². The smallest absolute Gasteiger partial charge is 0.262 e. The molecule has 2 heterocycles. The molecule has 8 heteroatoms. The first-order valence-electron chi connectivity index (χ1n) is 12.2. The minimum atomic E-state index is -0.641. The molecule has 3 aromatic rings. The van der Waals surface area contributed by atoms with Gasteiger partial charge in [-0.2, -0.15) is 5.10 Å². The van der Waals surface area contributed by atoms with E-state index in [0.717, 1.165) is 41.2 Å². The van der Waals surface area contributed by atoms with E-state index in [4.69, 9.17) is 4.98 Å². The number of aromatic nitrogens is 2. The topological polar surface area (TPSA) is 87.9 Å². The van der Waals surface area contributed by atoms with Crippen molar-refractivity contribution in [3.05, 3.63) is 47.6 Å². The van der Waals surface area contributed by atoms with Gasteiger partial charge in [-0.1, -0.05) is 30.3 Å². The summed E-state index contributed by atoms with van der Waals surface area (Å²) in [6, 6.07) is 9.28. The lowest BCUT2D eigenvalue weighted by atomic mass is 9.49. The summed E-state index contributed by atoms with van der Waals surface area (Å²) in [6.45, 7) is 1.73. The zero-order valence-electron chi connectivity index (χ0n) is 19.2. The molecule has 4 fully saturated rings. The zero-order valence-corrected chi connectivity index (χ0v) is 20.1. The highest BCUT2D eigenvalue weighted by Crippen LogP contribution is 2.60. The Labute approximate surface area is 202 Å². The average Bonchev–Trinajstić information content (AvgIpc) is 3.41. The zero-order chi connectivity index (χ0) is 23.3. The summed E-state index contributed by atoms with van der Waals surface area (Å²) in [7, 11) is 0. The second-order valence-corrected chi connectivity index (χ2v) is 11.3. The molecule has 4 bridgehead atoms. The Morgan fingerprint density at radius 2 is 1.82 bits per heavy atom. The molecule has 2 N–H and O–H groups in total. The number of nitrogens with one attached hydrogen (secondary N) is 2. The third-order valence-electron chi connectivity index (χ3n) is 7.97. The van der Waals surface area contributed by atoms with Gasteiger partial charge in [0.25, 0.3) is 5.91 Å². The highest BCUT2D eigenvalue weighted by Gasteiger charge is 2.54. The fraction of sp³-hybridized carbons (Fsp3) is 0.462. The number of amides is 2. The van der Waals surface area contributed by atoms with Crippen molar-refractivity contribution in [2.45, 2.75) is 51.5 Å². The monoisotopic (exact) mass is 475 g/mol. The molecular weight excluding hydrogens is 446 g/mol. The van der Waals surface area contributed by atoms with E-state index in [1.54, 1.807) is 24.5 Å². The first-order chi connectivity index (χ1) is 16.5. The van der Waals surface area contributed by atoms with E-state index >= 15 is 0 Å².